The maximum atomic E-state index is 13.8. The number of amides is 1. The van der Waals surface area contributed by atoms with E-state index in [0.717, 1.165) is 43.1 Å². The number of likely N-dealkylation sites (tertiary alicyclic amines) is 1. The number of carbonyl (C=O) groups is 1. The third-order valence-electron chi connectivity index (χ3n) is 3.77. The van der Waals surface area contributed by atoms with Crippen LogP contribution < -0.4 is 0 Å². The van der Waals surface area contributed by atoms with Crippen molar-refractivity contribution >= 4 is 21.8 Å². The number of hydrogen-bond donors (Lipinski definition) is 0. The fourth-order valence-corrected chi connectivity index (χ4v) is 3.05. The van der Waals surface area contributed by atoms with Gasteiger partial charge in [-0.15, -0.1) is 0 Å². The summed E-state index contributed by atoms with van der Waals surface area (Å²) in [5.41, 5.74) is 0.176. The molecule has 1 heterocycles. The van der Waals surface area contributed by atoms with E-state index in [1.54, 1.807) is 12.1 Å². The fraction of sp³-hybridized carbons (Fsp3) is 0.533. The molecule has 0 bridgehead atoms. The molecule has 1 unspecified atom stereocenters. The van der Waals surface area contributed by atoms with Crippen LogP contribution in [0.15, 0.2) is 22.7 Å². The number of halogens is 2. The van der Waals surface area contributed by atoms with E-state index in [1.165, 1.54) is 6.07 Å². The van der Waals surface area contributed by atoms with Crippen LogP contribution >= 0.6 is 15.9 Å². The van der Waals surface area contributed by atoms with E-state index in [0.29, 0.717) is 0 Å². The molecule has 1 fully saturated rings. The molecule has 0 aromatic heterocycles. The first kappa shape index (κ1) is 14.5. The molecule has 0 aliphatic carbocycles. The maximum Gasteiger partial charge on any atom is 0.257 e. The smallest absolute Gasteiger partial charge is 0.257 e. The lowest BCUT2D eigenvalue weighted by atomic mass is 10.1. The SMILES string of the molecule is CCC1CCCCCN1C(=O)c1cc(Br)ccc1F. The zero-order valence-corrected chi connectivity index (χ0v) is 12.7. The third-order valence-corrected chi connectivity index (χ3v) is 4.26. The zero-order chi connectivity index (χ0) is 13.8. The molecule has 1 aromatic carbocycles. The molecule has 0 saturated carbocycles. The van der Waals surface area contributed by atoms with E-state index in [9.17, 15) is 9.18 Å². The van der Waals surface area contributed by atoms with Crippen molar-refractivity contribution in [2.24, 2.45) is 0 Å². The Morgan fingerprint density at radius 2 is 2.21 bits per heavy atom. The molecule has 1 aliphatic rings. The lowest BCUT2D eigenvalue weighted by Gasteiger charge is -2.29. The van der Waals surface area contributed by atoms with Gasteiger partial charge in [0, 0.05) is 17.1 Å². The van der Waals surface area contributed by atoms with Crippen LogP contribution in [0, 0.1) is 5.82 Å². The number of nitrogens with zero attached hydrogens (tertiary/aromatic N) is 1. The first-order valence-corrected chi connectivity index (χ1v) is 7.68. The summed E-state index contributed by atoms with van der Waals surface area (Å²) in [6.07, 6.45) is 5.28. The highest BCUT2D eigenvalue weighted by Gasteiger charge is 2.26. The highest BCUT2D eigenvalue weighted by Crippen LogP contribution is 2.23. The van der Waals surface area contributed by atoms with Gasteiger partial charge in [-0.3, -0.25) is 4.79 Å². The largest absolute Gasteiger partial charge is 0.336 e. The summed E-state index contributed by atoms with van der Waals surface area (Å²) in [5, 5.41) is 0. The average molecular weight is 328 g/mol. The fourth-order valence-electron chi connectivity index (χ4n) is 2.69. The van der Waals surface area contributed by atoms with Gasteiger partial charge in [-0.05, 0) is 37.5 Å². The molecule has 0 radical (unpaired) electrons. The predicted octanol–water partition coefficient (Wildman–Crippen LogP) is 4.38. The third kappa shape index (κ3) is 3.35. The Morgan fingerprint density at radius 3 is 2.95 bits per heavy atom. The molecule has 4 heteroatoms. The lowest BCUT2D eigenvalue weighted by Crippen LogP contribution is -2.40. The van der Waals surface area contributed by atoms with Crippen molar-refractivity contribution in [1.82, 2.24) is 4.90 Å². The first-order valence-electron chi connectivity index (χ1n) is 6.89. The molecule has 104 valence electrons. The Bertz CT molecular complexity index is 463. The van der Waals surface area contributed by atoms with Crippen LogP contribution in [0.25, 0.3) is 0 Å². The van der Waals surface area contributed by atoms with Gasteiger partial charge < -0.3 is 4.90 Å². The van der Waals surface area contributed by atoms with Gasteiger partial charge >= 0.3 is 0 Å². The average Bonchev–Trinajstić information content (AvgIpc) is 2.65. The standard InChI is InChI=1S/C15H19BrFNO/c1-2-12-6-4-3-5-9-18(12)15(19)13-10-11(16)7-8-14(13)17/h7-8,10,12H,2-6,9H2,1H3. The Balaban J connectivity index is 2.27. The van der Waals surface area contributed by atoms with E-state index in [2.05, 4.69) is 22.9 Å². The Hall–Kier alpha value is -0.900. The van der Waals surface area contributed by atoms with Crippen molar-refractivity contribution in [1.29, 1.82) is 0 Å². The minimum atomic E-state index is -0.438. The molecular weight excluding hydrogens is 309 g/mol. The summed E-state index contributed by atoms with van der Waals surface area (Å²) in [6.45, 7) is 2.83. The van der Waals surface area contributed by atoms with Crippen molar-refractivity contribution in [3.63, 3.8) is 0 Å². The van der Waals surface area contributed by atoms with Crippen molar-refractivity contribution in [3.8, 4) is 0 Å². The van der Waals surface area contributed by atoms with Crippen LogP contribution in [0.2, 0.25) is 0 Å². The van der Waals surface area contributed by atoms with Crippen LogP contribution in [-0.4, -0.2) is 23.4 Å². The second kappa shape index (κ2) is 6.51. The summed E-state index contributed by atoms with van der Waals surface area (Å²) in [4.78, 5) is 14.4. The van der Waals surface area contributed by atoms with Crippen LogP contribution in [0.1, 0.15) is 49.4 Å². The molecule has 1 atom stereocenters. The molecule has 19 heavy (non-hydrogen) atoms. The minimum absolute atomic E-state index is 0.174. The molecule has 1 aliphatic heterocycles. The molecular formula is C15H19BrFNO. The van der Waals surface area contributed by atoms with E-state index in [1.807, 2.05) is 4.90 Å². The first-order chi connectivity index (χ1) is 9.13. The summed E-state index contributed by atoms with van der Waals surface area (Å²) >= 11 is 3.30. The van der Waals surface area contributed by atoms with Crippen LogP contribution in [0.5, 0.6) is 0 Å². The summed E-state index contributed by atoms with van der Waals surface area (Å²) in [7, 11) is 0. The van der Waals surface area contributed by atoms with Gasteiger partial charge in [-0.2, -0.15) is 0 Å². The number of rotatable bonds is 2. The Labute approximate surface area is 122 Å². The van der Waals surface area contributed by atoms with E-state index in [-0.39, 0.29) is 17.5 Å². The van der Waals surface area contributed by atoms with Crippen LogP contribution in [-0.2, 0) is 0 Å². The summed E-state index contributed by atoms with van der Waals surface area (Å²) in [6, 6.07) is 4.78. The van der Waals surface area contributed by atoms with Crippen molar-refractivity contribution in [2.75, 3.05) is 6.54 Å². The van der Waals surface area contributed by atoms with Crippen LogP contribution in [0.4, 0.5) is 4.39 Å². The number of benzene rings is 1. The van der Waals surface area contributed by atoms with Gasteiger partial charge in [-0.25, -0.2) is 4.39 Å². The van der Waals surface area contributed by atoms with Crippen molar-refractivity contribution in [2.45, 2.75) is 45.1 Å². The highest BCUT2D eigenvalue weighted by molar-refractivity contribution is 9.10. The molecule has 1 aromatic rings. The van der Waals surface area contributed by atoms with Crippen molar-refractivity contribution in [3.05, 3.63) is 34.1 Å². The second-order valence-corrected chi connectivity index (χ2v) is 5.95. The van der Waals surface area contributed by atoms with Gasteiger partial charge in [-0.1, -0.05) is 35.7 Å². The van der Waals surface area contributed by atoms with Crippen LogP contribution in [0.3, 0.4) is 0 Å². The maximum absolute atomic E-state index is 13.8. The highest BCUT2D eigenvalue weighted by atomic mass is 79.9. The number of hydrogen-bond acceptors (Lipinski definition) is 1. The topological polar surface area (TPSA) is 20.3 Å². The van der Waals surface area contributed by atoms with Gasteiger partial charge in [0.25, 0.3) is 5.91 Å². The normalized spacial score (nSPS) is 20.2. The van der Waals surface area contributed by atoms with E-state index >= 15 is 0 Å². The molecule has 2 nitrogen and oxygen atoms in total. The molecule has 1 amide bonds. The monoisotopic (exact) mass is 327 g/mol. The molecule has 1 saturated heterocycles. The quantitative estimate of drug-likeness (QED) is 0.789. The summed E-state index contributed by atoms with van der Waals surface area (Å²) < 4.78 is 14.6. The van der Waals surface area contributed by atoms with Gasteiger partial charge in [0.2, 0.25) is 0 Å². The van der Waals surface area contributed by atoms with E-state index < -0.39 is 5.82 Å². The Morgan fingerprint density at radius 1 is 1.42 bits per heavy atom. The summed E-state index contributed by atoms with van der Waals surface area (Å²) in [5.74, 6) is -0.611. The van der Waals surface area contributed by atoms with E-state index in [4.69, 9.17) is 0 Å². The zero-order valence-electron chi connectivity index (χ0n) is 11.2. The minimum Gasteiger partial charge on any atom is -0.336 e. The lowest BCUT2D eigenvalue weighted by molar-refractivity contribution is 0.0673. The van der Waals surface area contributed by atoms with Gasteiger partial charge in [0.1, 0.15) is 5.82 Å². The molecule has 0 N–H and O–H groups in total. The van der Waals surface area contributed by atoms with Gasteiger partial charge in [0.05, 0.1) is 5.56 Å². The Kier molecular flexibility index (Phi) is 4.97. The molecule has 2 rings (SSSR count). The number of carbonyl (C=O) groups excluding carboxylic acids is 1. The second-order valence-electron chi connectivity index (χ2n) is 5.03. The van der Waals surface area contributed by atoms with Crippen molar-refractivity contribution < 1.29 is 9.18 Å². The molecule has 0 spiro atoms. The predicted molar refractivity (Wildman–Crippen MR) is 77.7 cm³/mol. The van der Waals surface area contributed by atoms with Gasteiger partial charge in [0.15, 0.2) is 0 Å².